The summed E-state index contributed by atoms with van der Waals surface area (Å²) in [7, 11) is 0. The third-order valence-corrected chi connectivity index (χ3v) is 5.58. The van der Waals surface area contributed by atoms with Gasteiger partial charge in [0, 0.05) is 6.42 Å². The summed E-state index contributed by atoms with van der Waals surface area (Å²) in [6.07, 6.45) is 8.14. The van der Waals surface area contributed by atoms with E-state index in [9.17, 15) is 0 Å². The molecule has 1 atom stereocenters. The van der Waals surface area contributed by atoms with Crippen molar-refractivity contribution in [3.63, 3.8) is 0 Å². The number of hydrogen-bond donors (Lipinski definition) is 0. The summed E-state index contributed by atoms with van der Waals surface area (Å²) >= 11 is 0. The Morgan fingerprint density at radius 3 is 2.21 bits per heavy atom. The highest BCUT2D eigenvalue weighted by atomic mass is 15.2. The molecule has 0 aliphatic rings. The molecule has 2 heteroatoms. The third-order valence-electron chi connectivity index (χ3n) is 5.58. The van der Waals surface area contributed by atoms with Crippen molar-refractivity contribution in [2.45, 2.75) is 71.9 Å². The zero-order valence-corrected chi connectivity index (χ0v) is 17.8. The molecule has 2 nitrogen and oxygen atoms in total. The van der Waals surface area contributed by atoms with E-state index < -0.39 is 0 Å². The average molecular weight is 376 g/mol. The van der Waals surface area contributed by atoms with Crippen molar-refractivity contribution in [2.24, 2.45) is 0 Å². The molecule has 0 radical (unpaired) electrons. The number of aryl methyl sites for hydroxylation is 1. The molecule has 0 fully saturated rings. The lowest BCUT2D eigenvalue weighted by atomic mass is 9.96. The van der Waals surface area contributed by atoms with Gasteiger partial charge in [-0.15, -0.1) is 0 Å². The third kappa shape index (κ3) is 5.13. The van der Waals surface area contributed by atoms with E-state index in [-0.39, 0.29) is 0 Å². The maximum Gasteiger partial charge on any atom is 0.261 e. The van der Waals surface area contributed by atoms with Gasteiger partial charge in [-0.3, -0.25) is 0 Å². The normalized spacial score (nSPS) is 12.2. The Kier molecular flexibility index (Phi) is 7.47. The van der Waals surface area contributed by atoms with E-state index in [0.29, 0.717) is 5.92 Å². The molecule has 0 aliphatic carbocycles. The number of benzene rings is 2. The van der Waals surface area contributed by atoms with Crippen LogP contribution in [0.2, 0.25) is 0 Å². The highest BCUT2D eigenvalue weighted by Gasteiger charge is 2.24. The van der Waals surface area contributed by atoms with Crippen LogP contribution in [0.3, 0.4) is 0 Å². The molecule has 0 saturated heterocycles. The first-order valence-corrected chi connectivity index (χ1v) is 10.9. The molecule has 2 aromatic carbocycles. The zero-order valence-electron chi connectivity index (χ0n) is 17.8. The van der Waals surface area contributed by atoms with Gasteiger partial charge in [0.2, 0.25) is 0 Å². The van der Waals surface area contributed by atoms with Crippen molar-refractivity contribution >= 4 is 0 Å². The van der Waals surface area contributed by atoms with Crippen LogP contribution in [0, 0.1) is 0 Å². The van der Waals surface area contributed by atoms with Crippen molar-refractivity contribution in [1.82, 2.24) is 4.57 Å². The fourth-order valence-corrected chi connectivity index (χ4v) is 4.02. The zero-order chi connectivity index (χ0) is 19.8. The van der Waals surface area contributed by atoms with Gasteiger partial charge < -0.3 is 0 Å². The van der Waals surface area contributed by atoms with Crippen molar-refractivity contribution in [3.8, 4) is 0 Å². The smallest absolute Gasteiger partial charge is 0.234 e. The summed E-state index contributed by atoms with van der Waals surface area (Å²) < 4.78 is 5.13. The van der Waals surface area contributed by atoms with Crippen LogP contribution >= 0.6 is 0 Å². The van der Waals surface area contributed by atoms with Crippen LogP contribution in [0.25, 0.3) is 0 Å². The average Bonchev–Trinajstić information content (AvgIpc) is 3.04. The van der Waals surface area contributed by atoms with Gasteiger partial charge in [0.15, 0.2) is 0 Å². The predicted molar refractivity (Wildman–Crippen MR) is 118 cm³/mol. The second-order valence-electron chi connectivity index (χ2n) is 7.91. The van der Waals surface area contributed by atoms with Gasteiger partial charge in [0.25, 0.3) is 5.82 Å². The van der Waals surface area contributed by atoms with Crippen LogP contribution in [-0.2, 0) is 25.9 Å². The molecule has 0 aliphatic heterocycles. The Labute approximate surface area is 170 Å². The predicted octanol–water partition coefficient (Wildman–Crippen LogP) is 5.92. The molecular formula is C26H35N2+. The summed E-state index contributed by atoms with van der Waals surface area (Å²) in [4.78, 5) is 0. The minimum atomic E-state index is 0.524. The first-order valence-electron chi connectivity index (χ1n) is 10.9. The molecule has 0 N–H and O–H groups in total. The lowest BCUT2D eigenvalue weighted by Gasteiger charge is -2.11. The van der Waals surface area contributed by atoms with Crippen molar-refractivity contribution in [3.05, 3.63) is 89.5 Å². The first-order chi connectivity index (χ1) is 13.7. The Morgan fingerprint density at radius 2 is 1.57 bits per heavy atom. The molecular weight excluding hydrogens is 340 g/mol. The second kappa shape index (κ2) is 10.3. The van der Waals surface area contributed by atoms with Gasteiger partial charge in [-0.1, -0.05) is 87.9 Å². The SMILES string of the molecule is CCCC[n+]1c(CC(C)c2ccccc2)cn(CCC)c1Cc1ccccc1. The molecule has 3 rings (SSSR count). The minimum absolute atomic E-state index is 0.524. The summed E-state index contributed by atoms with van der Waals surface area (Å²) in [5.74, 6) is 1.98. The molecule has 1 heterocycles. The van der Waals surface area contributed by atoms with Crippen LogP contribution in [0.15, 0.2) is 66.9 Å². The molecule has 0 saturated carbocycles. The van der Waals surface area contributed by atoms with E-state index in [1.165, 1.54) is 35.5 Å². The monoisotopic (exact) mass is 375 g/mol. The Hall–Kier alpha value is -2.35. The molecule has 0 amide bonds. The van der Waals surface area contributed by atoms with Gasteiger partial charge in [-0.05, 0) is 29.9 Å². The second-order valence-corrected chi connectivity index (χ2v) is 7.91. The maximum atomic E-state index is 2.62. The topological polar surface area (TPSA) is 8.81 Å². The number of imidazole rings is 1. The highest BCUT2D eigenvalue weighted by molar-refractivity contribution is 5.21. The molecule has 0 spiro atoms. The lowest BCUT2D eigenvalue weighted by Crippen LogP contribution is -2.41. The standard InChI is InChI=1S/C26H35N2/c1-4-6-18-28-25(19-22(3)24-15-11-8-12-16-24)21-27(17-5-2)26(28)20-23-13-9-7-10-14-23/h7-16,21-22H,4-6,17-20H2,1-3H3/q+1. The molecule has 0 bridgehead atoms. The van der Waals surface area contributed by atoms with E-state index in [1.54, 1.807) is 0 Å². The number of aromatic nitrogens is 2. The van der Waals surface area contributed by atoms with Gasteiger partial charge in [0.1, 0.15) is 11.9 Å². The Bertz CT molecular complexity index is 834. The summed E-state index contributed by atoms with van der Waals surface area (Å²) in [5.41, 5.74) is 4.30. The molecule has 3 aromatic rings. The first kappa shape index (κ1) is 20.4. The van der Waals surface area contributed by atoms with Gasteiger partial charge in [0.05, 0.1) is 19.5 Å². The summed E-state index contributed by atoms with van der Waals surface area (Å²) in [6.45, 7) is 9.12. The molecule has 148 valence electrons. The van der Waals surface area contributed by atoms with Crippen LogP contribution < -0.4 is 4.57 Å². The summed E-state index contributed by atoms with van der Waals surface area (Å²) in [5, 5.41) is 0. The minimum Gasteiger partial charge on any atom is -0.234 e. The fourth-order valence-electron chi connectivity index (χ4n) is 4.02. The largest absolute Gasteiger partial charge is 0.261 e. The number of unbranched alkanes of at least 4 members (excludes halogenated alkanes) is 1. The van der Waals surface area contributed by atoms with Crippen molar-refractivity contribution in [1.29, 1.82) is 0 Å². The Balaban J connectivity index is 1.94. The number of rotatable bonds is 10. The summed E-state index contributed by atoms with van der Waals surface area (Å²) in [6, 6.07) is 21.8. The molecule has 1 unspecified atom stereocenters. The van der Waals surface area contributed by atoms with E-state index in [1.807, 2.05) is 0 Å². The van der Waals surface area contributed by atoms with Gasteiger partial charge in [-0.2, -0.15) is 0 Å². The highest BCUT2D eigenvalue weighted by Crippen LogP contribution is 2.20. The quantitative estimate of drug-likeness (QED) is 0.389. The van der Waals surface area contributed by atoms with Gasteiger partial charge >= 0.3 is 0 Å². The Morgan fingerprint density at radius 1 is 0.893 bits per heavy atom. The van der Waals surface area contributed by atoms with Crippen molar-refractivity contribution < 1.29 is 4.57 Å². The van der Waals surface area contributed by atoms with E-state index in [4.69, 9.17) is 0 Å². The molecule has 28 heavy (non-hydrogen) atoms. The number of nitrogens with zero attached hydrogens (tertiary/aromatic N) is 2. The van der Waals surface area contributed by atoms with Crippen LogP contribution in [0.5, 0.6) is 0 Å². The van der Waals surface area contributed by atoms with E-state index in [2.05, 4.69) is 96.8 Å². The number of hydrogen-bond acceptors (Lipinski definition) is 0. The fraction of sp³-hybridized carbons (Fsp3) is 0.423. The van der Waals surface area contributed by atoms with Crippen LogP contribution in [-0.4, -0.2) is 4.57 Å². The van der Waals surface area contributed by atoms with Crippen molar-refractivity contribution in [2.75, 3.05) is 0 Å². The maximum absolute atomic E-state index is 2.62. The molecule has 1 aromatic heterocycles. The van der Waals surface area contributed by atoms with Crippen LogP contribution in [0.1, 0.15) is 68.6 Å². The van der Waals surface area contributed by atoms with Crippen LogP contribution in [0.4, 0.5) is 0 Å². The van der Waals surface area contributed by atoms with Gasteiger partial charge in [-0.25, -0.2) is 9.13 Å². The lowest BCUT2D eigenvalue weighted by molar-refractivity contribution is -0.710. The van der Waals surface area contributed by atoms with E-state index in [0.717, 1.165) is 32.4 Å². The van der Waals surface area contributed by atoms with E-state index >= 15 is 0 Å².